The Morgan fingerprint density at radius 3 is 2.36 bits per heavy atom. The van der Waals surface area contributed by atoms with Gasteiger partial charge in [0.05, 0.1) is 0 Å². The molecule has 0 nitrogen and oxygen atoms in total. The van der Waals surface area contributed by atoms with Crippen LogP contribution >= 0.6 is 22.6 Å². The van der Waals surface area contributed by atoms with Gasteiger partial charge in [0.15, 0.2) is 0 Å². The molecule has 108 valence electrons. The minimum Gasteiger partial charge on any atom is -0.0990 e. The summed E-state index contributed by atoms with van der Waals surface area (Å²) < 4.78 is 1.23. The third-order valence-electron chi connectivity index (χ3n) is 3.84. The first kappa shape index (κ1) is 15.0. The minimum absolute atomic E-state index is 1.23. The van der Waals surface area contributed by atoms with Crippen molar-refractivity contribution in [2.75, 3.05) is 0 Å². The van der Waals surface area contributed by atoms with Crippen molar-refractivity contribution in [3.8, 4) is 0 Å². The van der Waals surface area contributed by atoms with Gasteiger partial charge >= 0.3 is 0 Å². The van der Waals surface area contributed by atoms with E-state index in [0.717, 1.165) is 0 Å². The van der Waals surface area contributed by atoms with Gasteiger partial charge in [-0.1, -0.05) is 73.3 Å². The Bertz CT molecular complexity index is 820. The minimum atomic E-state index is 1.23. The van der Waals surface area contributed by atoms with Gasteiger partial charge < -0.3 is 0 Å². The van der Waals surface area contributed by atoms with E-state index in [1.807, 2.05) is 6.08 Å². The number of hydrogen-bond acceptors (Lipinski definition) is 0. The molecule has 1 heteroatoms. The molecule has 0 bridgehead atoms. The smallest absolute Gasteiger partial charge is 0.0215 e. The molecular formula is C21H17I. The molecule has 0 fully saturated rings. The van der Waals surface area contributed by atoms with Crippen molar-refractivity contribution in [2.45, 2.75) is 6.92 Å². The summed E-state index contributed by atoms with van der Waals surface area (Å²) >= 11 is 2.43. The molecule has 0 radical (unpaired) electrons. The highest BCUT2D eigenvalue weighted by Crippen LogP contribution is 2.36. The van der Waals surface area contributed by atoms with Gasteiger partial charge in [-0.15, -0.1) is 0 Å². The predicted molar refractivity (Wildman–Crippen MR) is 107 cm³/mol. The standard InChI is InChI=1S/C21H17I/c1-3-7-19-20(22)14-18-10-5-4-9-16(18)12-13-17-11-6-8-15(2)21(17)19/h3-14H,1H2,2H3/b13-12+,19-7-,20-14-. The largest absolute Gasteiger partial charge is 0.0990 e. The van der Waals surface area contributed by atoms with Crippen LogP contribution in [0.4, 0.5) is 0 Å². The van der Waals surface area contributed by atoms with Gasteiger partial charge in [-0.05, 0) is 69.0 Å². The van der Waals surface area contributed by atoms with Crippen molar-refractivity contribution < 1.29 is 0 Å². The van der Waals surface area contributed by atoms with Gasteiger partial charge in [0.25, 0.3) is 0 Å². The zero-order chi connectivity index (χ0) is 15.5. The van der Waals surface area contributed by atoms with Crippen LogP contribution < -0.4 is 0 Å². The van der Waals surface area contributed by atoms with Crippen molar-refractivity contribution in [2.24, 2.45) is 0 Å². The fraction of sp³-hybridized carbons (Fsp3) is 0.0476. The summed E-state index contributed by atoms with van der Waals surface area (Å²) in [6.07, 6.45) is 10.6. The van der Waals surface area contributed by atoms with Crippen molar-refractivity contribution in [1.29, 1.82) is 0 Å². The van der Waals surface area contributed by atoms with E-state index < -0.39 is 0 Å². The molecule has 3 rings (SSSR count). The number of benzene rings is 2. The Hall–Kier alpha value is -1.87. The Balaban J connectivity index is 2.36. The first-order valence-corrected chi connectivity index (χ1v) is 8.36. The molecule has 0 spiro atoms. The van der Waals surface area contributed by atoms with Gasteiger partial charge in [0.1, 0.15) is 0 Å². The molecule has 0 amide bonds. The Kier molecular flexibility index (Phi) is 4.44. The van der Waals surface area contributed by atoms with Crippen molar-refractivity contribution in [3.63, 3.8) is 0 Å². The van der Waals surface area contributed by atoms with E-state index in [4.69, 9.17) is 0 Å². The second kappa shape index (κ2) is 6.49. The first-order valence-electron chi connectivity index (χ1n) is 7.28. The van der Waals surface area contributed by atoms with E-state index >= 15 is 0 Å². The highest BCUT2D eigenvalue weighted by atomic mass is 127. The number of allylic oxidation sites excluding steroid dienone is 4. The summed E-state index contributed by atoms with van der Waals surface area (Å²) in [5.74, 6) is 0. The quantitative estimate of drug-likeness (QED) is 0.481. The predicted octanol–water partition coefficient (Wildman–Crippen LogP) is 6.52. The van der Waals surface area contributed by atoms with Crippen molar-refractivity contribution in [1.82, 2.24) is 0 Å². The maximum atomic E-state index is 3.89. The average molecular weight is 396 g/mol. The van der Waals surface area contributed by atoms with Gasteiger partial charge in [0.2, 0.25) is 0 Å². The number of aryl methyl sites for hydroxylation is 1. The highest BCUT2D eigenvalue weighted by Gasteiger charge is 2.13. The van der Waals surface area contributed by atoms with Gasteiger partial charge in [-0.2, -0.15) is 0 Å². The van der Waals surface area contributed by atoms with E-state index in [-0.39, 0.29) is 0 Å². The van der Waals surface area contributed by atoms with E-state index in [2.05, 4.69) is 103 Å². The van der Waals surface area contributed by atoms with Crippen molar-refractivity contribution in [3.05, 3.63) is 92.6 Å². The summed E-state index contributed by atoms with van der Waals surface area (Å²) in [5, 5.41) is 0. The lowest BCUT2D eigenvalue weighted by Gasteiger charge is -2.13. The Labute approximate surface area is 145 Å². The van der Waals surface area contributed by atoms with E-state index in [0.29, 0.717) is 0 Å². The van der Waals surface area contributed by atoms with Crippen LogP contribution in [0.5, 0.6) is 0 Å². The Morgan fingerprint density at radius 1 is 0.909 bits per heavy atom. The Morgan fingerprint density at radius 2 is 1.59 bits per heavy atom. The molecule has 0 aromatic heterocycles. The van der Waals surface area contributed by atoms with Crippen LogP contribution in [-0.2, 0) is 0 Å². The zero-order valence-electron chi connectivity index (χ0n) is 12.5. The summed E-state index contributed by atoms with van der Waals surface area (Å²) in [6, 6.07) is 14.9. The average Bonchev–Trinajstić information content (AvgIpc) is 2.57. The molecule has 2 aromatic rings. The maximum absolute atomic E-state index is 3.89. The lowest BCUT2D eigenvalue weighted by atomic mass is 9.94. The lowest BCUT2D eigenvalue weighted by Crippen LogP contribution is -1.93. The summed E-state index contributed by atoms with van der Waals surface area (Å²) in [6.45, 7) is 6.05. The molecule has 2 aromatic carbocycles. The third-order valence-corrected chi connectivity index (χ3v) is 4.73. The third kappa shape index (κ3) is 2.86. The van der Waals surface area contributed by atoms with Crippen LogP contribution in [0.2, 0.25) is 0 Å². The first-order chi connectivity index (χ1) is 10.7. The molecule has 0 heterocycles. The molecule has 0 N–H and O–H groups in total. The highest BCUT2D eigenvalue weighted by molar-refractivity contribution is 14.1. The van der Waals surface area contributed by atoms with Crippen LogP contribution in [0.1, 0.15) is 27.8 Å². The molecule has 22 heavy (non-hydrogen) atoms. The van der Waals surface area contributed by atoms with Gasteiger partial charge in [-0.3, -0.25) is 0 Å². The molecule has 1 aliphatic carbocycles. The van der Waals surface area contributed by atoms with Crippen LogP contribution in [-0.4, -0.2) is 0 Å². The molecule has 1 aliphatic rings. The number of rotatable bonds is 1. The second-order valence-corrected chi connectivity index (χ2v) is 6.47. The van der Waals surface area contributed by atoms with Gasteiger partial charge in [-0.25, -0.2) is 0 Å². The van der Waals surface area contributed by atoms with E-state index in [1.54, 1.807) is 0 Å². The van der Waals surface area contributed by atoms with Gasteiger partial charge in [0, 0.05) is 3.58 Å². The monoisotopic (exact) mass is 396 g/mol. The molecule has 0 atom stereocenters. The molecule has 0 saturated heterocycles. The van der Waals surface area contributed by atoms with Crippen LogP contribution in [0.25, 0.3) is 23.8 Å². The molecule has 0 aliphatic heterocycles. The number of hydrogen-bond donors (Lipinski definition) is 0. The summed E-state index contributed by atoms with van der Waals surface area (Å²) in [5.41, 5.74) is 7.51. The second-order valence-electron chi connectivity index (χ2n) is 5.31. The number of halogens is 1. The molecule has 0 saturated carbocycles. The summed E-state index contributed by atoms with van der Waals surface area (Å²) in [4.78, 5) is 0. The van der Waals surface area contributed by atoms with Crippen molar-refractivity contribution >= 4 is 46.4 Å². The van der Waals surface area contributed by atoms with E-state index in [1.165, 1.54) is 37.0 Å². The van der Waals surface area contributed by atoms with Crippen LogP contribution in [0.15, 0.2) is 64.8 Å². The lowest BCUT2D eigenvalue weighted by molar-refractivity contribution is 1.41. The topological polar surface area (TPSA) is 0 Å². The molecular weight excluding hydrogens is 379 g/mol. The maximum Gasteiger partial charge on any atom is 0.0215 e. The van der Waals surface area contributed by atoms with E-state index in [9.17, 15) is 0 Å². The zero-order valence-corrected chi connectivity index (χ0v) is 14.7. The summed E-state index contributed by atoms with van der Waals surface area (Å²) in [7, 11) is 0. The fourth-order valence-corrected chi connectivity index (χ4v) is 3.57. The molecule has 0 unspecified atom stereocenters. The number of fused-ring (bicyclic) bond motifs is 2. The van der Waals surface area contributed by atoms with Crippen LogP contribution in [0, 0.1) is 6.92 Å². The SMILES string of the molecule is C=C/C=C1/C(I)=C/c2ccccc2/C=C/c2cccc(C)c21. The normalized spacial score (nSPS) is 19.0. The fourth-order valence-electron chi connectivity index (χ4n) is 2.79. The van der Waals surface area contributed by atoms with Crippen LogP contribution in [0.3, 0.4) is 0 Å².